The van der Waals surface area contributed by atoms with Crippen molar-refractivity contribution in [3.8, 4) is 0 Å². The van der Waals surface area contributed by atoms with E-state index in [4.69, 9.17) is 0 Å². The van der Waals surface area contributed by atoms with Crippen LogP contribution >= 0.6 is 0 Å². The lowest BCUT2D eigenvalue weighted by atomic mass is 10.0. The van der Waals surface area contributed by atoms with E-state index >= 15 is 0 Å². The number of H-pyrrole nitrogens is 1. The van der Waals surface area contributed by atoms with Crippen LogP contribution in [0.5, 0.6) is 0 Å². The molecule has 0 saturated carbocycles. The quantitative estimate of drug-likeness (QED) is 0.594. The summed E-state index contributed by atoms with van der Waals surface area (Å²) in [4.78, 5) is 26.2. The highest BCUT2D eigenvalue weighted by molar-refractivity contribution is 6.00. The minimum atomic E-state index is -0.146. The molecule has 0 atom stereocenters. The number of rotatable bonds is 7. The van der Waals surface area contributed by atoms with Gasteiger partial charge in [0.15, 0.2) is 0 Å². The average molecular weight is 330 g/mol. The zero-order valence-corrected chi connectivity index (χ0v) is 14.9. The maximum Gasteiger partial charge on any atom is 0.305 e. The molecular weight excluding hydrogens is 304 g/mol. The van der Waals surface area contributed by atoms with Crippen LogP contribution in [0.15, 0.2) is 23.0 Å². The van der Waals surface area contributed by atoms with Gasteiger partial charge in [0, 0.05) is 29.6 Å². The van der Waals surface area contributed by atoms with Crippen LogP contribution in [0.25, 0.3) is 6.08 Å². The molecule has 2 rings (SSSR count). The van der Waals surface area contributed by atoms with E-state index < -0.39 is 0 Å². The zero-order chi connectivity index (χ0) is 17.7. The van der Waals surface area contributed by atoms with Crippen molar-refractivity contribution in [3.63, 3.8) is 0 Å². The number of ether oxygens (including phenoxy) is 1. The van der Waals surface area contributed by atoms with E-state index in [1.807, 2.05) is 26.1 Å². The molecule has 0 aromatic carbocycles. The van der Waals surface area contributed by atoms with E-state index in [1.54, 1.807) is 0 Å². The SMILES string of the molecule is COC(=O)CCCCCc1c(C)c[nH]c1C=C1NC(=O)C(C)=C1C. The molecule has 0 unspecified atom stereocenters. The number of nitrogens with one attached hydrogen (secondary N) is 2. The summed E-state index contributed by atoms with van der Waals surface area (Å²) in [5.74, 6) is -0.167. The van der Waals surface area contributed by atoms with Crippen LogP contribution in [0.1, 0.15) is 56.4 Å². The van der Waals surface area contributed by atoms with Gasteiger partial charge < -0.3 is 15.0 Å². The van der Waals surface area contributed by atoms with Gasteiger partial charge in [-0.1, -0.05) is 6.42 Å². The van der Waals surface area contributed by atoms with E-state index in [0.717, 1.165) is 48.2 Å². The second-order valence-electron chi connectivity index (χ2n) is 6.26. The number of allylic oxidation sites excluding steroid dienone is 1. The third-order valence-corrected chi connectivity index (χ3v) is 4.62. The monoisotopic (exact) mass is 330 g/mol. The van der Waals surface area contributed by atoms with E-state index in [1.165, 1.54) is 18.2 Å². The lowest BCUT2D eigenvalue weighted by molar-refractivity contribution is -0.140. The third-order valence-electron chi connectivity index (χ3n) is 4.62. The highest BCUT2D eigenvalue weighted by atomic mass is 16.5. The summed E-state index contributed by atoms with van der Waals surface area (Å²) in [6, 6.07) is 0. The molecule has 2 heterocycles. The van der Waals surface area contributed by atoms with Crippen molar-refractivity contribution >= 4 is 18.0 Å². The first-order chi connectivity index (χ1) is 11.4. The molecule has 24 heavy (non-hydrogen) atoms. The third kappa shape index (κ3) is 4.16. The number of amides is 1. The zero-order valence-electron chi connectivity index (χ0n) is 14.9. The van der Waals surface area contributed by atoms with Crippen LogP contribution in [-0.2, 0) is 20.7 Å². The summed E-state index contributed by atoms with van der Waals surface area (Å²) in [5.41, 5.74) is 6.17. The Morgan fingerprint density at radius 1 is 1.17 bits per heavy atom. The number of esters is 1. The second kappa shape index (κ2) is 7.99. The van der Waals surface area contributed by atoms with E-state index in [-0.39, 0.29) is 11.9 Å². The van der Waals surface area contributed by atoms with Crippen LogP contribution in [0, 0.1) is 6.92 Å². The summed E-state index contributed by atoms with van der Waals surface area (Å²) >= 11 is 0. The lowest BCUT2D eigenvalue weighted by Crippen LogP contribution is -2.15. The molecular formula is C19H26N2O3. The Morgan fingerprint density at radius 3 is 2.54 bits per heavy atom. The topological polar surface area (TPSA) is 71.2 Å². The fourth-order valence-electron chi connectivity index (χ4n) is 2.85. The van der Waals surface area contributed by atoms with Crippen molar-refractivity contribution in [1.82, 2.24) is 10.3 Å². The molecule has 0 saturated heterocycles. The molecule has 1 amide bonds. The fourth-order valence-corrected chi connectivity index (χ4v) is 2.85. The lowest BCUT2D eigenvalue weighted by Gasteiger charge is -2.05. The molecule has 1 aromatic heterocycles. The number of carbonyl (C=O) groups is 2. The van der Waals surface area contributed by atoms with E-state index in [0.29, 0.717) is 6.42 Å². The first-order valence-corrected chi connectivity index (χ1v) is 8.38. The summed E-state index contributed by atoms with van der Waals surface area (Å²) in [7, 11) is 1.42. The van der Waals surface area contributed by atoms with Crippen LogP contribution in [-0.4, -0.2) is 24.0 Å². The molecule has 5 heteroatoms. The normalized spacial score (nSPS) is 16.0. The molecule has 5 nitrogen and oxygen atoms in total. The molecule has 1 aliphatic heterocycles. The number of methoxy groups -OCH3 is 1. The van der Waals surface area contributed by atoms with Crippen LogP contribution in [0.4, 0.5) is 0 Å². The highest BCUT2D eigenvalue weighted by Gasteiger charge is 2.20. The van der Waals surface area contributed by atoms with Gasteiger partial charge in [0.1, 0.15) is 0 Å². The summed E-state index contributed by atoms with van der Waals surface area (Å²) in [6.07, 6.45) is 8.31. The van der Waals surface area contributed by atoms with Crippen molar-refractivity contribution in [2.45, 2.75) is 52.9 Å². The minimum Gasteiger partial charge on any atom is -0.469 e. The molecule has 1 aromatic rings. The molecule has 130 valence electrons. The van der Waals surface area contributed by atoms with E-state index in [9.17, 15) is 9.59 Å². The standard InChI is InChI=1S/C19H26N2O3/c1-12-11-20-17(10-16-13(2)14(3)19(23)21-16)15(12)8-6-5-7-9-18(22)24-4/h10-11,20H,5-9H2,1-4H3,(H,21,23). The maximum atomic E-state index is 11.7. The predicted octanol–water partition coefficient (Wildman–Crippen LogP) is 3.41. The Morgan fingerprint density at radius 2 is 1.92 bits per heavy atom. The molecule has 0 bridgehead atoms. The maximum absolute atomic E-state index is 11.7. The molecule has 0 fully saturated rings. The van der Waals surface area contributed by atoms with Gasteiger partial charge in [-0.2, -0.15) is 0 Å². The van der Waals surface area contributed by atoms with Gasteiger partial charge in [0.25, 0.3) is 5.91 Å². The fraction of sp³-hybridized carbons (Fsp3) is 0.474. The van der Waals surface area contributed by atoms with Gasteiger partial charge in [-0.05, 0) is 62.8 Å². The predicted molar refractivity (Wildman–Crippen MR) is 94.2 cm³/mol. The summed E-state index contributed by atoms with van der Waals surface area (Å²) < 4.78 is 4.65. The van der Waals surface area contributed by atoms with Gasteiger partial charge >= 0.3 is 5.97 Å². The van der Waals surface area contributed by atoms with Gasteiger partial charge in [-0.25, -0.2) is 0 Å². The van der Waals surface area contributed by atoms with Crippen LogP contribution < -0.4 is 5.32 Å². The minimum absolute atomic E-state index is 0.0219. The molecule has 2 N–H and O–H groups in total. The Hall–Kier alpha value is -2.30. The average Bonchev–Trinajstić information content (AvgIpc) is 3.02. The number of aryl methyl sites for hydroxylation is 1. The number of hydrogen-bond acceptors (Lipinski definition) is 3. The van der Waals surface area contributed by atoms with Crippen molar-refractivity contribution in [3.05, 3.63) is 39.9 Å². The Balaban J connectivity index is 1.99. The highest BCUT2D eigenvalue weighted by Crippen LogP contribution is 2.25. The number of carbonyl (C=O) groups excluding carboxylic acids is 2. The number of aromatic nitrogens is 1. The Labute approximate surface area is 143 Å². The van der Waals surface area contributed by atoms with E-state index in [2.05, 4.69) is 22.0 Å². The Bertz CT molecular complexity index is 695. The summed E-state index contributed by atoms with van der Waals surface area (Å²) in [5, 5.41) is 2.91. The van der Waals surface area contributed by atoms with Crippen LogP contribution in [0.3, 0.4) is 0 Å². The largest absolute Gasteiger partial charge is 0.469 e. The first-order valence-electron chi connectivity index (χ1n) is 8.38. The number of aromatic amines is 1. The smallest absolute Gasteiger partial charge is 0.305 e. The second-order valence-corrected chi connectivity index (χ2v) is 6.26. The first kappa shape index (κ1) is 18.0. The number of unbranched alkanes of at least 4 members (excludes halogenated alkanes) is 2. The van der Waals surface area contributed by atoms with Crippen LogP contribution in [0.2, 0.25) is 0 Å². The molecule has 0 radical (unpaired) electrons. The van der Waals surface area contributed by atoms with Crippen molar-refractivity contribution in [2.75, 3.05) is 7.11 Å². The summed E-state index contributed by atoms with van der Waals surface area (Å²) in [6.45, 7) is 5.89. The van der Waals surface area contributed by atoms with Crippen molar-refractivity contribution in [2.24, 2.45) is 0 Å². The van der Waals surface area contributed by atoms with Crippen molar-refractivity contribution < 1.29 is 14.3 Å². The Kier molecular flexibility index (Phi) is 6.01. The molecule has 1 aliphatic rings. The van der Waals surface area contributed by atoms with Gasteiger partial charge in [-0.3, -0.25) is 9.59 Å². The molecule has 0 aliphatic carbocycles. The van der Waals surface area contributed by atoms with Crippen molar-refractivity contribution in [1.29, 1.82) is 0 Å². The number of hydrogen-bond donors (Lipinski definition) is 2. The van der Waals surface area contributed by atoms with Gasteiger partial charge in [0.05, 0.1) is 7.11 Å². The van der Waals surface area contributed by atoms with Gasteiger partial charge in [0.2, 0.25) is 0 Å². The van der Waals surface area contributed by atoms with Gasteiger partial charge in [-0.15, -0.1) is 0 Å². The molecule has 0 spiro atoms.